The van der Waals surface area contributed by atoms with Gasteiger partial charge in [-0.2, -0.15) is 5.10 Å². The van der Waals surface area contributed by atoms with Crippen LogP contribution in [0.5, 0.6) is 0 Å². The maximum absolute atomic E-state index is 4.13. The van der Waals surface area contributed by atoms with Gasteiger partial charge in [-0.05, 0) is 29.9 Å². The molecule has 0 fully saturated rings. The monoisotopic (exact) mass is 217 g/mol. The van der Waals surface area contributed by atoms with Crippen LogP contribution in [-0.4, -0.2) is 22.9 Å². The van der Waals surface area contributed by atoms with Crippen molar-refractivity contribution in [3.63, 3.8) is 0 Å². The second-order valence-electron chi connectivity index (χ2n) is 2.57. The molecule has 0 aliphatic rings. The van der Waals surface area contributed by atoms with Crippen LogP contribution in [0, 0.1) is 0 Å². The van der Waals surface area contributed by atoms with Crippen LogP contribution in [0.1, 0.15) is 6.92 Å². The first-order valence-corrected chi connectivity index (χ1v) is 4.37. The number of hydrogen-bond acceptors (Lipinski definition) is 2. The Labute approximate surface area is 74.9 Å². The van der Waals surface area contributed by atoms with Gasteiger partial charge in [-0.15, -0.1) is 0 Å². The molecule has 0 amide bonds. The summed E-state index contributed by atoms with van der Waals surface area (Å²) in [6, 6.07) is 0.460. The van der Waals surface area contributed by atoms with Crippen molar-refractivity contribution in [1.82, 2.24) is 15.1 Å². The lowest BCUT2D eigenvalue weighted by Crippen LogP contribution is -2.26. The van der Waals surface area contributed by atoms with Gasteiger partial charge >= 0.3 is 0 Å². The summed E-state index contributed by atoms with van der Waals surface area (Å²) in [6.07, 6.45) is 3.76. The van der Waals surface area contributed by atoms with Crippen molar-refractivity contribution in [2.45, 2.75) is 19.5 Å². The van der Waals surface area contributed by atoms with Crippen LogP contribution in [-0.2, 0) is 6.54 Å². The van der Waals surface area contributed by atoms with Crippen LogP contribution in [0.2, 0.25) is 0 Å². The minimum absolute atomic E-state index is 0.460. The van der Waals surface area contributed by atoms with E-state index in [1.165, 1.54) is 0 Å². The Kier molecular flexibility index (Phi) is 3.08. The fourth-order valence-electron chi connectivity index (χ4n) is 0.810. The number of likely N-dealkylation sites (N-methyl/N-ethyl adjacent to an activating group) is 1. The zero-order chi connectivity index (χ0) is 8.27. The van der Waals surface area contributed by atoms with Crippen LogP contribution in [0.25, 0.3) is 0 Å². The summed E-state index contributed by atoms with van der Waals surface area (Å²) in [5.74, 6) is 0. The van der Waals surface area contributed by atoms with Crippen LogP contribution in [0.4, 0.5) is 0 Å². The molecule has 0 bridgehead atoms. The van der Waals surface area contributed by atoms with E-state index in [4.69, 9.17) is 0 Å². The molecular weight excluding hydrogens is 206 g/mol. The van der Waals surface area contributed by atoms with E-state index in [1.54, 1.807) is 6.20 Å². The summed E-state index contributed by atoms with van der Waals surface area (Å²) in [4.78, 5) is 0. The number of nitrogens with one attached hydrogen (secondary N) is 1. The molecule has 1 aromatic heterocycles. The molecule has 11 heavy (non-hydrogen) atoms. The Bertz CT molecular complexity index is 221. The van der Waals surface area contributed by atoms with Crippen LogP contribution < -0.4 is 5.32 Å². The fraction of sp³-hybridized carbons (Fsp3) is 0.571. The molecule has 62 valence electrons. The van der Waals surface area contributed by atoms with E-state index in [-0.39, 0.29) is 0 Å². The number of halogens is 1. The Morgan fingerprint density at radius 1 is 1.82 bits per heavy atom. The van der Waals surface area contributed by atoms with E-state index in [2.05, 4.69) is 33.3 Å². The van der Waals surface area contributed by atoms with E-state index in [9.17, 15) is 0 Å². The van der Waals surface area contributed by atoms with Crippen molar-refractivity contribution in [3.8, 4) is 0 Å². The molecule has 4 heteroatoms. The van der Waals surface area contributed by atoms with E-state index in [0.29, 0.717) is 6.04 Å². The molecule has 1 rings (SSSR count). The van der Waals surface area contributed by atoms with Gasteiger partial charge in [0, 0.05) is 12.2 Å². The van der Waals surface area contributed by atoms with Crippen LogP contribution >= 0.6 is 15.9 Å². The van der Waals surface area contributed by atoms with Crippen LogP contribution in [0.15, 0.2) is 16.9 Å². The van der Waals surface area contributed by atoms with Crippen molar-refractivity contribution in [3.05, 3.63) is 16.9 Å². The van der Waals surface area contributed by atoms with Gasteiger partial charge in [0.25, 0.3) is 0 Å². The quantitative estimate of drug-likeness (QED) is 0.827. The zero-order valence-corrected chi connectivity index (χ0v) is 8.30. The van der Waals surface area contributed by atoms with Crippen LogP contribution in [0.3, 0.4) is 0 Å². The van der Waals surface area contributed by atoms with E-state index < -0.39 is 0 Å². The van der Waals surface area contributed by atoms with E-state index in [1.807, 2.05) is 17.9 Å². The molecule has 3 nitrogen and oxygen atoms in total. The standard InChI is InChI=1S/C7H12BrN3/c1-6(9-2)4-11-5-7(8)3-10-11/h3,5-6,9H,4H2,1-2H3. The zero-order valence-electron chi connectivity index (χ0n) is 6.71. The minimum Gasteiger partial charge on any atom is -0.315 e. The molecule has 0 saturated carbocycles. The smallest absolute Gasteiger partial charge is 0.0632 e. The third-order valence-corrected chi connectivity index (χ3v) is 1.96. The van der Waals surface area contributed by atoms with Gasteiger partial charge in [0.2, 0.25) is 0 Å². The average Bonchev–Trinajstić information content (AvgIpc) is 2.35. The Hall–Kier alpha value is -0.350. The predicted octanol–water partition coefficient (Wildman–Crippen LogP) is 1.25. The highest BCUT2D eigenvalue weighted by Crippen LogP contribution is 2.06. The van der Waals surface area contributed by atoms with Gasteiger partial charge in [0.15, 0.2) is 0 Å². The molecule has 0 aliphatic heterocycles. The summed E-state index contributed by atoms with van der Waals surface area (Å²) in [5, 5.41) is 7.28. The first kappa shape index (κ1) is 8.74. The topological polar surface area (TPSA) is 29.9 Å². The first-order chi connectivity index (χ1) is 5.22. The Balaban J connectivity index is 2.50. The van der Waals surface area contributed by atoms with E-state index in [0.717, 1.165) is 11.0 Å². The third-order valence-electron chi connectivity index (χ3n) is 1.56. The molecule has 1 unspecified atom stereocenters. The van der Waals surface area contributed by atoms with Gasteiger partial charge in [0.1, 0.15) is 0 Å². The molecule has 1 N–H and O–H groups in total. The molecule has 1 heterocycles. The first-order valence-electron chi connectivity index (χ1n) is 3.57. The lowest BCUT2D eigenvalue weighted by Gasteiger charge is -2.08. The number of aromatic nitrogens is 2. The molecule has 0 aliphatic carbocycles. The summed E-state index contributed by atoms with van der Waals surface area (Å²) < 4.78 is 2.94. The van der Waals surface area contributed by atoms with Gasteiger partial charge in [-0.25, -0.2) is 0 Å². The molecular formula is C7H12BrN3. The lowest BCUT2D eigenvalue weighted by atomic mass is 10.3. The van der Waals surface area contributed by atoms with Gasteiger partial charge in [-0.1, -0.05) is 0 Å². The van der Waals surface area contributed by atoms with Crippen molar-refractivity contribution in [1.29, 1.82) is 0 Å². The summed E-state index contributed by atoms with van der Waals surface area (Å²) >= 11 is 3.34. The summed E-state index contributed by atoms with van der Waals surface area (Å²) in [6.45, 7) is 3.03. The maximum Gasteiger partial charge on any atom is 0.0632 e. The highest BCUT2D eigenvalue weighted by molar-refractivity contribution is 9.10. The molecule has 0 aromatic carbocycles. The van der Waals surface area contributed by atoms with E-state index >= 15 is 0 Å². The normalized spacial score (nSPS) is 13.4. The molecule has 1 aromatic rings. The number of hydrogen-bond donors (Lipinski definition) is 1. The van der Waals surface area contributed by atoms with Crippen molar-refractivity contribution in [2.75, 3.05) is 7.05 Å². The molecule has 0 saturated heterocycles. The lowest BCUT2D eigenvalue weighted by molar-refractivity contribution is 0.481. The number of rotatable bonds is 3. The predicted molar refractivity (Wildman–Crippen MR) is 48.4 cm³/mol. The molecule has 0 spiro atoms. The largest absolute Gasteiger partial charge is 0.315 e. The summed E-state index contributed by atoms with van der Waals surface area (Å²) in [5.41, 5.74) is 0. The summed E-state index contributed by atoms with van der Waals surface area (Å²) in [7, 11) is 1.95. The Morgan fingerprint density at radius 3 is 3.00 bits per heavy atom. The maximum atomic E-state index is 4.13. The van der Waals surface area contributed by atoms with Gasteiger partial charge in [0.05, 0.1) is 17.2 Å². The second-order valence-corrected chi connectivity index (χ2v) is 3.49. The van der Waals surface area contributed by atoms with Gasteiger partial charge < -0.3 is 5.32 Å². The molecule has 0 radical (unpaired) electrons. The van der Waals surface area contributed by atoms with Gasteiger partial charge in [-0.3, -0.25) is 4.68 Å². The second kappa shape index (κ2) is 3.88. The average molecular weight is 218 g/mol. The highest BCUT2D eigenvalue weighted by atomic mass is 79.9. The number of nitrogens with zero attached hydrogens (tertiary/aromatic N) is 2. The van der Waals surface area contributed by atoms with Crippen molar-refractivity contribution >= 4 is 15.9 Å². The SMILES string of the molecule is CNC(C)Cn1cc(Br)cn1. The third kappa shape index (κ3) is 2.63. The minimum atomic E-state index is 0.460. The highest BCUT2D eigenvalue weighted by Gasteiger charge is 1.99. The Morgan fingerprint density at radius 2 is 2.55 bits per heavy atom. The van der Waals surface area contributed by atoms with Crippen molar-refractivity contribution < 1.29 is 0 Å². The molecule has 1 atom stereocenters. The fourth-order valence-corrected chi connectivity index (χ4v) is 1.14. The van der Waals surface area contributed by atoms with Crippen molar-refractivity contribution in [2.24, 2.45) is 0 Å².